The van der Waals surface area contributed by atoms with E-state index in [1.165, 1.54) is 12.1 Å². The number of nitro groups is 1. The molecule has 110 valence electrons. The van der Waals surface area contributed by atoms with Crippen LogP contribution in [0.25, 0.3) is 0 Å². The number of non-ortho nitro benzene ring substituents is 1. The predicted octanol–water partition coefficient (Wildman–Crippen LogP) is 2.89. The van der Waals surface area contributed by atoms with Gasteiger partial charge in [0.25, 0.3) is 5.69 Å². The summed E-state index contributed by atoms with van der Waals surface area (Å²) in [6.07, 6.45) is 1.63. The van der Waals surface area contributed by atoms with Crippen LogP contribution in [0.2, 0.25) is 0 Å². The standard InChI is InChI=1S/C14H19FN2O3/c1-4-14(2)12(16-3)8-13(14)20-11-6-5-9(17(18)19)7-10(11)15/h5-7,12-13,16H,4,8H2,1-3H3. The first-order valence-corrected chi connectivity index (χ1v) is 6.70. The quantitative estimate of drug-likeness (QED) is 0.666. The van der Waals surface area contributed by atoms with Gasteiger partial charge in [0.15, 0.2) is 11.6 Å². The van der Waals surface area contributed by atoms with Gasteiger partial charge in [-0.05, 0) is 19.5 Å². The van der Waals surface area contributed by atoms with Gasteiger partial charge in [-0.15, -0.1) is 0 Å². The van der Waals surface area contributed by atoms with Crippen LogP contribution in [-0.4, -0.2) is 24.1 Å². The fraction of sp³-hybridized carbons (Fsp3) is 0.571. The summed E-state index contributed by atoms with van der Waals surface area (Å²) in [6, 6.07) is 3.83. The van der Waals surface area contributed by atoms with Crippen molar-refractivity contribution in [3.63, 3.8) is 0 Å². The molecule has 1 aliphatic rings. The van der Waals surface area contributed by atoms with Crippen molar-refractivity contribution in [1.82, 2.24) is 5.32 Å². The minimum Gasteiger partial charge on any atom is -0.487 e. The second kappa shape index (κ2) is 5.36. The molecule has 1 N–H and O–H groups in total. The monoisotopic (exact) mass is 282 g/mol. The van der Waals surface area contributed by atoms with E-state index in [9.17, 15) is 14.5 Å². The van der Waals surface area contributed by atoms with Crippen LogP contribution < -0.4 is 10.1 Å². The Labute approximate surface area is 117 Å². The molecule has 0 heterocycles. The van der Waals surface area contributed by atoms with Gasteiger partial charge in [0.1, 0.15) is 6.10 Å². The molecule has 20 heavy (non-hydrogen) atoms. The summed E-state index contributed by atoms with van der Waals surface area (Å²) in [5.74, 6) is -0.611. The number of halogens is 1. The number of rotatable bonds is 5. The molecule has 0 saturated heterocycles. The van der Waals surface area contributed by atoms with Crippen LogP contribution in [0.15, 0.2) is 18.2 Å². The van der Waals surface area contributed by atoms with E-state index < -0.39 is 10.7 Å². The molecular formula is C14H19FN2O3. The summed E-state index contributed by atoms with van der Waals surface area (Å²) in [5.41, 5.74) is -0.321. The van der Waals surface area contributed by atoms with E-state index in [0.29, 0.717) is 6.04 Å². The Morgan fingerprint density at radius 1 is 1.60 bits per heavy atom. The van der Waals surface area contributed by atoms with Gasteiger partial charge >= 0.3 is 0 Å². The fourth-order valence-corrected chi connectivity index (χ4v) is 2.77. The van der Waals surface area contributed by atoms with E-state index in [4.69, 9.17) is 4.74 Å². The highest BCUT2D eigenvalue weighted by atomic mass is 19.1. The van der Waals surface area contributed by atoms with Gasteiger partial charge in [0.2, 0.25) is 0 Å². The average molecular weight is 282 g/mol. The molecule has 1 aromatic carbocycles. The van der Waals surface area contributed by atoms with Gasteiger partial charge in [-0.2, -0.15) is 0 Å². The minimum atomic E-state index is -0.689. The number of hydrogen-bond donors (Lipinski definition) is 1. The van der Waals surface area contributed by atoms with Gasteiger partial charge in [0, 0.05) is 23.9 Å². The van der Waals surface area contributed by atoms with Crippen molar-refractivity contribution < 1.29 is 14.1 Å². The van der Waals surface area contributed by atoms with Gasteiger partial charge < -0.3 is 10.1 Å². The van der Waals surface area contributed by atoms with Crippen molar-refractivity contribution in [1.29, 1.82) is 0 Å². The zero-order chi connectivity index (χ0) is 14.9. The number of nitrogens with zero attached hydrogens (tertiary/aromatic N) is 1. The third kappa shape index (κ3) is 2.35. The van der Waals surface area contributed by atoms with E-state index in [1.54, 1.807) is 0 Å². The number of hydrogen-bond acceptors (Lipinski definition) is 4. The molecule has 0 amide bonds. The van der Waals surface area contributed by atoms with Crippen LogP contribution in [0.5, 0.6) is 5.75 Å². The number of nitrogens with one attached hydrogen (secondary N) is 1. The second-order valence-corrected chi connectivity index (χ2v) is 5.41. The topological polar surface area (TPSA) is 64.4 Å². The van der Waals surface area contributed by atoms with Crippen LogP contribution in [-0.2, 0) is 0 Å². The summed E-state index contributed by atoms with van der Waals surface area (Å²) in [7, 11) is 1.90. The largest absolute Gasteiger partial charge is 0.487 e. The van der Waals surface area contributed by atoms with Crippen molar-refractivity contribution in [2.45, 2.75) is 38.8 Å². The molecule has 1 aliphatic carbocycles. The Kier molecular flexibility index (Phi) is 3.94. The average Bonchev–Trinajstić information content (AvgIpc) is 2.43. The highest BCUT2D eigenvalue weighted by molar-refractivity contribution is 5.38. The first kappa shape index (κ1) is 14.7. The minimum absolute atomic E-state index is 0.0526. The lowest BCUT2D eigenvalue weighted by atomic mass is 9.61. The number of benzene rings is 1. The van der Waals surface area contributed by atoms with E-state index >= 15 is 0 Å². The molecule has 2 rings (SSSR count). The van der Waals surface area contributed by atoms with Crippen molar-refractivity contribution >= 4 is 5.69 Å². The lowest BCUT2D eigenvalue weighted by Gasteiger charge is -2.53. The Morgan fingerprint density at radius 3 is 2.80 bits per heavy atom. The fourth-order valence-electron chi connectivity index (χ4n) is 2.77. The first-order chi connectivity index (χ1) is 9.42. The molecule has 0 spiro atoms. The summed E-state index contributed by atoms with van der Waals surface area (Å²) in [6.45, 7) is 4.18. The molecule has 6 heteroatoms. The summed E-state index contributed by atoms with van der Waals surface area (Å²) in [5, 5.41) is 13.8. The molecule has 1 fully saturated rings. The van der Waals surface area contributed by atoms with Crippen LogP contribution in [0.3, 0.4) is 0 Å². The highest BCUT2D eigenvalue weighted by Gasteiger charge is 2.51. The molecule has 3 atom stereocenters. The van der Waals surface area contributed by atoms with Crippen molar-refractivity contribution in [2.24, 2.45) is 5.41 Å². The molecule has 0 radical (unpaired) electrons. The summed E-state index contributed by atoms with van der Waals surface area (Å²) >= 11 is 0. The van der Waals surface area contributed by atoms with Crippen molar-refractivity contribution in [3.8, 4) is 5.75 Å². The van der Waals surface area contributed by atoms with E-state index in [2.05, 4.69) is 19.2 Å². The molecule has 5 nitrogen and oxygen atoms in total. The first-order valence-electron chi connectivity index (χ1n) is 6.70. The van der Waals surface area contributed by atoms with E-state index in [0.717, 1.165) is 18.9 Å². The Balaban J connectivity index is 2.13. The third-order valence-electron chi connectivity index (χ3n) is 4.49. The van der Waals surface area contributed by atoms with Gasteiger partial charge in [-0.1, -0.05) is 13.8 Å². The van der Waals surface area contributed by atoms with Crippen LogP contribution in [0.1, 0.15) is 26.7 Å². The smallest absolute Gasteiger partial charge is 0.272 e. The molecule has 1 aromatic rings. The predicted molar refractivity (Wildman–Crippen MR) is 73.3 cm³/mol. The Hall–Kier alpha value is -1.69. The number of ether oxygens (including phenoxy) is 1. The Bertz CT molecular complexity index is 523. The lowest BCUT2D eigenvalue weighted by molar-refractivity contribution is -0.385. The molecule has 0 bridgehead atoms. The summed E-state index contributed by atoms with van der Waals surface area (Å²) in [4.78, 5) is 9.95. The maximum absolute atomic E-state index is 13.8. The maximum Gasteiger partial charge on any atom is 0.272 e. The molecular weight excluding hydrogens is 263 g/mol. The zero-order valence-corrected chi connectivity index (χ0v) is 11.9. The van der Waals surface area contributed by atoms with Crippen LogP contribution >= 0.6 is 0 Å². The molecule has 1 saturated carbocycles. The van der Waals surface area contributed by atoms with Crippen LogP contribution in [0, 0.1) is 21.3 Å². The second-order valence-electron chi connectivity index (χ2n) is 5.41. The molecule has 0 aliphatic heterocycles. The normalized spacial score (nSPS) is 28.8. The molecule has 3 unspecified atom stereocenters. The zero-order valence-electron chi connectivity index (χ0n) is 11.9. The lowest BCUT2D eigenvalue weighted by Crippen LogP contribution is -2.62. The SMILES string of the molecule is CCC1(C)C(NC)CC1Oc1ccc([N+](=O)[O-])cc1F. The maximum atomic E-state index is 13.8. The van der Waals surface area contributed by atoms with Crippen molar-refractivity contribution in [2.75, 3.05) is 7.05 Å². The van der Waals surface area contributed by atoms with Gasteiger partial charge in [-0.25, -0.2) is 4.39 Å². The van der Waals surface area contributed by atoms with E-state index in [1.807, 2.05) is 7.05 Å². The van der Waals surface area contributed by atoms with E-state index in [-0.39, 0.29) is 23.0 Å². The summed E-state index contributed by atoms with van der Waals surface area (Å²) < 4.78 is 19.5. The third-order valence-corrected chi connectivity index (χ3v) is 4.49. The number of nitro benzene ring substituents is 1. The van der Waals surface area contributed by atoms with Gasteiger partial charge in [-0.3, -0.25) is 10.1 Å². The van der Waals surface area contributed by atoms with Gasteiger partial charge in [0.05, 0.1) is 11.0 Å². The Morgan fingerprint density at radius 2 is 2.30 bits per heavy atom. The molecule has 0 aromatic heterocycles. The highest BCUT2D eigenvalue weighted by Crippen LogP contribution is 2.46. The van der Waals surface area contributed by atoms with Crippen molar-refractivity contribution in [3.05, 3.63) is 34.1 Å². The van der Waals surface area contributed by atoms with Crippen LogP contribution in [0.4, 0.5) is 10.1 Å².